The molecular weight excluding hydrogens is 196 g/mol. The van der Waals surface area contributed by atoms with Gasteiger partial charge in [0.15, 0.2) is 0 Å². The Hall–Kier alpha value is 0.270. The van der Waals surface area contributed by atoms with Crippen LogP contribution in [0.4, 0.5) is 0 Å². The van der Waals surface area contributed by atoms with Crippen molar-refractivity contribution >= 4 is 10.9 Å². The first-order chi connectivity index (χ1) is 6.74. The highest BCUT2D eigenvalue weighted by Gasteiger charge is 2.20. The van der Waals surface area contributed by atoms with Crippen molar-refractivity contribution in [1.82, 2.24) is 0 Å². The third-order valence-electron chi connectivity index (χ3n) is 2.21. The van der Waals surface area contributed by atoms with Gasteiger partial charge in [0.1, 0.15) is 23.4 Å². The molecule has 0 saturated carbocycles. The summed E-state index contributed by atoms with van der Waals surface area (Å²) in [6.07, 6.45) is 4.47. The monoisotopic (exact) mass is 221 g/mol. The van der Waals surface area contributed by atoms with Gasteiger partial charge in [-0.1, -0.05) is 26.7 Å². The van der Waals surface area contributed by atoms with Gasteiger partial charge in [0.2, 0.25) is 0 Å². The Balaban J connectivity index is 3.71. The highest BCUT2D eigenvalue weighted by Crippen LogP contribution is 2.07. The van der Waals surface area contributed by atoms with Crippen LogP contribution in [0.5, 0.6) is 0 Å². The lowest BCUT2D eigenvalue weighted by Crippen LogP contribution is -2.28. The van der Waals surface area contributed by atoms with Crippen LogP contribution in [0, 0.1) is 0 Å². The normalized spacial score (nSPS) is 13.5. The molecule has 0 saturated heterocycles. The van der Waals surface area contributed by atoms with Crippen LogP contribution < -0.4 is 0 Å². The van der Waals surface area contributed by atoms with Crippen molar-refractivity contribution in [2.24, 2.45) is 0 Å². The van der Waals surface area contributed by atoms with E-state index in [1.54, 1.807) is 0 Å². The summed E-state index contributed by atoms with van der Waals surface area (Å²) in [5, 5.41) is 18.2. The Morgan fingerprint density at radius 3 is 1.93 bits per heavy atom. The van der Waals surface area contributed by atoms with E-state index in [0.717, 1.165) is 5.75 Å². The van der Waals surface area contributed by atoms with Gasteiger partial charge >= 0.3 is 0 Å². The highest BCUT2D eigenvalue weighted by molar-refractivity contribution is 7.96. The Morgan fingerprint density at radius 2 is 1.57 bits per heavy atom. The number of rotatable bonds is 9. The van der Waals surface area contributed by atoms with Crippen molar-refractivity contribution in [2.75, 3.05) is 23.9 Å². The number of aliphatic hydroxyl groups is 2. The van der Waals surface area contributed by atoms with Crippen molar-refractivity contribution in [3.63, 3.8) is 0 Å². The fourth-order valence-corrected chi connectivity index (χ4v) is 3.87. The second-order valence-corrected chi connectivity index (χ2v) is 6.11. The van der Waals surface area contributed by atoms with Crippen LogP contribution in [-0.4, -0.2) is 40.2 Å². The van der Waals surface area contributed by atoms with E-state index in [0.29, 0.717) is 10.9 Å². The van der Waals surface area contributed by atoms with Crippen molar-refractivity contribution < 1.29 is 10.2 Å². The molecule has 86 valence electrons. The zero-order valence-corrected chi connectivity index (χ0v) is 10.4. The molecule has 0 aliphatic heterocycles. The minimum Gasteiger partial charge on any atom is -0.393 e. The van der Waals surface area contributed by atoms with Gasteiger partial charge in [0, 0.05) is 0 Å². The lowest BCUT2D eigenvalue weighted by atomic mass is 10.4. The standard InChI is InChI=1S/C11H25O2S/c1-3-5-7-14(8-6-4-2)10-11(13)9-12/h11-13H,3-10H2,1-2H3/q+1. The molecule has 0 aromatic heterocycles. The molecule has 0 aliphatic rings. The van der Waals surface area contributed by atoms with Gasteiger partial charge < -0.3 is 10.2 Å². The van der Waals surface area contributed by atoms with Gasteiger partial charge in [0.05, 0.1) is 6.61 Å². The first-order valence-electron chi connectivity index (χ1n) is 5.67. The molecule has 14 heavy (non-hydrogen) atoms. The zero-order chi connectivity index (χ0) is 10.8. The smallest absolute Gasteiger partial charge is 0.136 e. The maximum absolute atomic E-state index is 9.38. The van der Waals surface area contributed by atoms with Crippen LogP contribution in [0.25, 0.3) is 0 Å². The van der Waals surface area contributed by atoms with Crippen molar-refractivity contribution in [3.8, 4) is 0 Å². The molecule has 0 fully saturated rings. The molecular formula is C11H25O2S+. The van der Waals surface area contributed by atoms with E-state index in [-0.39, 0.29) is 6.61 Å². The van der Waals surface area contributed by atoms with Gasteiger partial charge in [-0.15, -0.1) is 0 Å². The maximum Gasteiger partial charge on any atom is 0.136 e. The van der Waals surface area contributed by atoms with E-state index in [2.05, 4.69) is 13.8 Å². The summed E-state index contributed by atoms with van der Waals surface area (Å²) in [4.78, 5) is 0. The topological polar surface area (TPSA) is 40.5 Å². The molecule has 3 heteroatoms. The first-order valence-corrected chi connectivity index (χ1v) is 7.40. The predicted molar refractivity (Wildman–Crippen MR) is 64.9 cm³/mol. The number of unbranched alkanes of at least 4 members (excludes halogenated alkanes) is 2. The van der Waals surface area contributed by atoms with Crippen LogP contribution in [0.3, 0.4) is 0 Å². The Morgan fingerprint density at radius 1 is 1.07 bits per heavy atom. The number of hydrogen-bond acceptors (Lipinski definition) is 2. The lowest BCUT2D eigenvalue weighted by Gasteiger charge is -2.11. The summed E-state index contributed by atoms with van der Waals surface area (Å²) in [7, 11) is 0.336. The van der Waals surface area contributed by atoms with E-state index in [1.165, 1.54) is 37.2 Å². The van der Waals surface area contributed by atoms with Gasteiger partial charge in [-0.05, 0) is 23.7 Å². The van der Waals surface area contributed by atoms with Gasteiger partial charge in [-0.25, -0.2) is 0 Å². The summed E-state index contributed by atoms with van der Waals surface area (Å²) >= 11 is 0. The van der Waals surface area contributed by atoms with Gasteiger partial charge in [-0.2, -0.15) is 0 Å². The van der Waals surface area contributed by atoms with E-state index in [4.69, 9.17) is 5.11 Å². The van der Waals surface area contributed by atoms with E-state index < -0.39 is 6.10 Å². The number of aliphatic hydroxyl groups excluding tert-OH is 2. The Bertz CT molecular complexity index is 112. The second kappa shape index (κ2) is 9.81. The third kappa shape index (κ3) is 7.65. The summed E-state index contributed by atoms with van der Waals surface area (Å²) in [5.41, 5.74) is 0. The molecule has 2 nitrogen and oxygen atoms in total. The van der Waals surface area contributed by atoms with E-state index in [1.807, 2.05) is 0 Å². The first kappa shape index (κ1) is 14.3. The van der Waals surface area contributed by atoms with E-state index >= 15 is 0 Å². The molecule has 0 aromatic rings. The fourth-order valence-electron chi connectivity index (χ4n) is 1.29. The molecule has 0 amide bonds. The second-order valence-electron chi connectivity index (χ2n) is 3.73. The Labute approximate surface area is 91.1 Å². The quantitative estimate of drug-likeness (QED) is 0.580. The van der Waals surface area contributed by atoms with Crippen LogP contribution in [0.1, 0.15) is 39.5 Å². The highest BCUT2D eigenvalue weighted by atomic mass is 32.2. The molecule has 1 atom stereocenters. The zero-order valence-electron chi connectivity index (χ0n) is 9.54. The molecule has 0 heterocycles. The summed E-state index contributed by atoms with van der Waals surface area (Å²) in [5.74, 6) is 3.26. The van der Waals surface area contributed by atoms with Crippen LogP contribution in [0.2, 0.25) is 0 Å². The average molecular weight is 221 g/mol. The van der Waals surface area contributed by atoms with Crippen molar-refractivity contribution in [3.05, 3.63) is 0 Å². The molecule has 0 aromatic carbocycles. The average Bonchev–Trinajstić information content (AvgIpc) is 2.21. The molecule has 2 N–H and O–H groups in total. The van der Waals surface area contributed by atoms with Gasteiger partial charge in [-0.3, -0.25) is 0 Å². The summed E-state index contributed by atoms with van der Waals surface area (Å²) in [6, 6.07) is 0. The van der Waals surface area contributed by atoms with Gasteiger partial charge in [0.25, 0.3) is 0 Å². The molecule has 1 unspecified atom stereocenters. The van der Waals surface area contributed by atoms with E-state index in [9.17, 15) is 5.11 Å². The molecule has 0 bridgehead atoms. The SMILES string of the molecule is CCCC[S+](CCCC)CC(O)CO. The molecule has 0 aliphatic carbocycles. The lowest BCUT2D eigenvalue weighted by molar-refractivity contribution is 0.113. The maximum atomic E-state index is 9.38. The predicted octanol–water partition coefficient (Wildman–Crippen LogP) is 1.56. The van der Waals surface area contributed by atoms with Crippen LogP contribution >= 0.6 is 0 Å². The molecule has 0 radical (unpaired) electrons. The summed E-state index contributed by atoms with van der Waals surface area (Å²) < 4.78 is 0. The minimum absolute atomic E-state index is 0.0816. The Kier molecular flexibility index (Phi) is 10.0. The molecule has 0 spiro atoms. The van der Waals surface area contributed by atoms with Crippen molar-refractivity contribution in [1.29, 1.82) is 0 Å². The van der Waals surface area contributed by atoms with Crippen LogP contribution in [-0.2, 0) is 10.9 Å². The third-order valence-corrected chi connectivity index (χ3v) is 4.80. The fraction of sp³-hybridized carbons (Fsp3) is 1.00. The number of hydrogen-bond donors (Lipinski definition) is 2. The largest absolute Gasteiger partial charge is 0.393 e. The molecule has 0 rings (SSSR count). The van der Waals surface area contributed by atoms with Crippen LogP contribution in [0.15, 0.2) is 0 Å². The minimum atomic E-state index is -0.493. The summed E-state index contributed by atoms with van der Waals surface area (Å²) in [6.45, 7) is 4.31. The van der Waals surface area contributed by atoms with Crippen molar-refractivity contribution in [2.45, 2.75) is 45.6 Å².